The minimum Gasteiger partial charge on any atom is -0.0917 e. The van der Waals surface area contributed by atoms with Crippen molar-refractivity contribution in [3.63, 3.8) is 0 Å². The fraction of sp³-hybridized carbons (Fsp3) is 0.667. The third-order valence-electron chi connectivity index (χ3n) is 2.47. The van der Waals surface area contributed by atoms with Crippen molar-refractivity contribution in [1.29, 1.82) is 0 Å². The smallest absolute Gasteiger partial charge is 0.0917 e. The topological polar surface area (TPSA) is 0 Å². The summed E-state index contributed by atoms with van der Waals surface area (Å²) in [5, 5.41) is 0. The fourth-order valence-electron chi connectivity index (χ4n) is 1.85. The average Bonchev–Trinajstić information content (AvgIpc) is 2.01. The summed E-state index contributed by atoms with van der Waals surface area (Å²) in [7, 11) is -1.19. The van der Waals surface area contributed by atoms with E-state index in [0.29, 0.717) is 0 Å². The predicted octanol–water partition coefficient (Wildman–Crippen LogP) is 4.49. The van der Waals surface area contributed by atoms with Crippen LogP contribution in [0.25, 0.3) is 0 Å². The summed E-state index contributed by atoms with van der Waals surface area (Å²) in [6.07, 6.45) is 0. The molecule has 0 unspecified atom stereocenters. The largest absolute Gasteiger partial charge is 0.101 e. The van der Waals surface area contributed by atoms with E-state index >= 15 is 0 Å². The number of allylic oxidation sites excluding steroid dienone is 2. The normalized spacial score (nSPS) is 10.9. The van der Waals surface area contributed by atoms with Crippen molar-refractivity contribution in [2.45, 2.75) is 53.6 Å². The van der Waals surface area contributed by atoms with Gasteiger partial charge in [-0.2, -0.15) is 0 Å². The first-order valence-electron chi connectivity index (χ1n) is 5.28. The van der Waals surface area contributed by atoms with Crippen LogP contribution in [0.15, 0.2) is 22.5 Å². The van der Waals surface area contributed by atoms with Gasteiger partial charge in [-0.05, 0) is 27.7 Å². The highest BCUT2D eigenvalue weighted by Crippen LogP contribution is 2.21. The minimum atomic E-state index is -1.19. The first-order valence-corrected chi connectivity index (χ1v) is 7.84. The standard InChI is InChI=1S/C12H24Si/c1-7-13(8-2,9-11(3)4)10-12(5)6/h9-10H,7-8H2,1-6H3. The Morgan fingerprint density at radius 2 is 1.15 bits per heavy atom. The molecule has 0 atom stereocenters. The molecule has 0 fully saturated rings. The summed E-state index contributed by atoms with van der Waals surface area (Å²) in [6, 6.07) is 2.67. The summed E-state index contributed by atoms with van der Waals surface area (Å²) in [4.78, 5) is 0. The van der Waals surface area contributed by atoms with Crippen LogP contribution in [0, 0.1) is 0 Å². The summed E-state index contributed by atoms with van der Waals surface area (Å²) < 4.78 is 0. The molecule has 13 heavy (non-hydrogen) atoms. The van der Waals surface area contributed by atoms with E-state index in [9.17, 15) is 0 Å². The van der Waals surface area contributed by atoms with Crippen molar-refractivity contribution in [1.82, 2.24) is 0 Å². The molecule has 0 aliphatic heterocycles. The van der Waals surface area contributed by atoms with E-state index in [1.807, 2.05) is 0 Å². The van der Waals surface area contributed by atoms with Crippen molar-refractivity contribution in [2.24, 2.45) is 0 Å². The molecule has 0 nitrogen and oxygen atoms in total. The monoisotopic (exact) mass is 196 g/mol. The molecular weight excluding hydrogens is 172 g/mol. The number of rotatable bonds is 4. The van der Waals surface area contributed by atoms with Crippen molar-refractivity contribution in [3.05, 3.63) is 22.5 Å². The third-order valence-corrected chi connectivity index (χ3v) is 7.41. The van der Waals surface area contributed by atoms with Crippen molar-refractivity contribution < 1.29 is 0 Å². The number of hydrogen-bond acceptors (Lipinski definition) is 0. The van der Waals surface area contributed by atoms with Crippen LogP contribution in [0.3, 0.4) is 0 Å². The molecule has 0 aromatic carbocycles. The molecular formula is C12H24Si. The van der Waals surface area contributed by atoms with Crippen molar-refractivity contribution in [3.8, 4) is 0 Å². The van der Waals surface area contributed by atoms with Crippen LogP contribution in [0.5, 0.6) is 0 Å². The van der Waals surface area contributed by atoms with Gasteiger partial charge in [0, 0.05) is 0 Å². The van der Waals surface area contributed by atoms with Crippen LogP contribution in [0.4, 0.5) is 0 Å². The third kappa shape index (κ3) is 4.46. The molecule has 0 N–H and O–H groups in total. The molecule has 0 rings (SSSR count). The lowest BCUT2D eigenvalue weighted by molar-refractivity contribution is 1.26. The minimum absolute atomic E-state index is 1.19. The van der Waals surface area contributed by atoms with Crippen molar-refractivity contribution in [2.75, 3.05) is 0 Å². The molecule has 0 radical (unpaired) electrons. The Kier molecular flexibility index (Phi) is 5.31. The van der Waals surface area contributed by atoms with E-state index in [2.05, 4.69) is 52.9 Å². The van der Waals surface area contributed by atoms with E-state index in [4.69, 9.17) is 0 Å². The molecule has 0 saturated heterocycles. The second kappa shape index (κ2) is 5.43. The molecule has 76 valence electrons. The maximum absolute atomic E-state index is 2.54. The number of hydrogen-bond donors (Lipinski definition) is 0. The zero-order valence-electron chi connectivity index (χ0n) is 10.1. The van der Waals surface area contributed by atoms with E-state index in [0.717, 1.165) is 0 Å². The molecule has 0 aliphatic rings. The second-order valence-corrected chi connectivity index (χ2v) is 8.84. The van der Waals surface area contributed by atoms with Crippen LogP contribution >= 0.6 is 0 Å². The maximum atomic E-state index is 2.54. The van der Waals surface area contributed by atoms with E-state index in [1.165, 1.54) is 23.2 Å². The average molecular weight is 196 g/mol. The summed E-state index contributed by atoms with van der Waals surface area (Å²) in [6.45, 7) is 13.5. The maximum Gasteiger partial charge on any atom is 0.101 e. The predicted molar refractivity (Wildman–Crippen MR) is 65.6 cm³/mol. The zero-order valence-corrected chi connectivity index (χ0v) is 11.1. The lowest BCUT2D eigenvalue weighted by Gasteiger charge is -2.23. The highest BCUT2D eigenvalue weighted by molar-refractivity contribution is 6.89. The van der Waals surface area contributed by atoms with Crippen LogP contribution in [0.1, 0.15) is 41.5 Å². The molecule has 0 aliphatic carbocycles. The van der Waals surface area contributed by atoms with Crippen molar-refractivity contribution >= 4 is 8.07 Å². The molecule has 0 spiro atoms. The Balaban J connectivity index is 4.92. The first-order chi connectivity index (χ1) is 5.95. The molecule has 0 bridgehead atoms. The van der Waals surface area contributed by atoms with Gasteiger partial charge in [-0.15, -0.1) is 0 Å². The second-order valence-electron chi connectivity index (χ2n) is 4.38. The van der Waals surface area contributed by atoms with Crippen LogP contribution < -0.4 is 0 Å². The molecule has 0 saturated carbocycles. The van der Waals surface area contributed by atoms with Crippen LogP contribution in [-0.4, -0.2) is 8.07 Å². The van der Waals surface area contributed by atoms with Gasteiger partial charge in [-0.3, -0.25) is 0 Å². The Morgan fingerprint density at radius 3 is 1.31 bits per heavy atom. The Labute approximate surface area is 84.8 Å². The SMILES string of the molecule is CC[Si](C=C(C)C)(C=C(C)C)CC. The Bertz CT molecular complexity index is 179. The fourth-order valence-corrected chi connectivity index (χ4v) is 5.55. The molecule has 0 amide bonds. The van der Waals surface area contributed by atoms with Gasteiger partial charge in [-0.25, -0.2) is 0 Å². The van der Waals surface area contributed by atoms with Gasteiger partial charge in [0.2, 0.25) is 0 Å². The zero-order chi connectivity index (χ0) is 10.5. The Morgan fingerprint density at radius 1 is 0.846 bits per heavy atom. The lowest BCUT2D eigenvalue weighted by Crippen LogP contribution is -2.28. The molecule has 0 heterocycles. The van der Waals surface area contributed by atoms with Gasteiger partial charge < -0.3 is 0 Å². The quantitative estimate of drug-likeness (QED) is 0.581. The van der Waals surface area contributed by atoms with E-state index in [-0.39, 0.29) is 0 Å². The van der Waals surface area contributed by atoms with Gasteiger partial charge in [0.05, 0.1) is 0 Å². The molecule has 0 aromatic heterocycles. The molecule has 1 heteroatoms. The lowest BCUT2D eigenvalue weighted by atomic mass is 10.4. The van der Waals surface area contributed by atoms with Gasteiger partial charge in [-0.1, -0.05) is 48.5 Å². The Hall–Kier alpha value is -0.303. The van der Waals surface area contributed by atoms with Gasteiger partial charge >= 0.3 is 0 Å². The van der Waals surface area contributed by atoms with Crippen LogP contribution in [-0.2, 0) is 0 Å². The van der Waals surface area contributed by atoms with E-state index in [1.54, 1.807) is 0 Å². The summed E-state index contributed by atoms with van der Waals surface area (Å²) >= 11 is 0. The molecule has 0 aromatic rings. The van der Waals surface area contributed by atoms with Crippen LogP contribution in [0.2, 0.25) is 12.1 Å². The summed E-state index contributed by atoms with van der Waals surface area (Å²) in [5.74, 6) is 0. The van der Waals surface area contributed by atoms with E-state index < -0.39 is 8.07 Å². The first kappa shape index (κ1) is 12.7. The highest BCUT2D eigenvalue weighted by Gasteiger charge is 2.22. The highest BCUT2D eigenvalue weighted by atomic mass is 28.3. The summed E-state index contributed by atoms with van der Waals surface area (Å²) in [5.41, 5.74) is 8.04. The van der Waals surface area contributed by atoms with Gasteiger partial charge in [0.15, 0.2) is 0 Å². The van der Waals surface area contributed by atoms with Gasteiger partial charge in [0.1, 0.15) is 8.07 Å². The van der Waals surface area contributed by atoms with Gasteiger partial charge in [0.25, 0.3) is 0 Å².